The Bertz CT molecular complexity index is 618. The Morgan fingerprint density at radius 3 is 2.71 bits per heavy atom. The Balaban J connectivity index is 1.87. The number of aliphatic hydroxyl groups is 1. The topological polar surface area (TPSA) is 47.6 Å². The van der Waals surface area contributed by atoms with E-state index in [0.29, 0.717) is 23.2 Å². The fourth-order valence-electron chi connectivity index (χ4n) is 2.60. The molecule has 0 spiro atoms. The smallest absolute Gasteiger partial charge is 0.366 e. The largest absolute Gasteiger partial charge is 0.383 e. The van der Waals surface area contributed by atoms with Crippen LogP contribution in [0.3, 0.4) is 0 Å². The Morgan fingerprint density at radius 1 is 1.43 bits per heavy atom. The van der Waals surface area contributed by atoms with Crippen LogP contribution in [0.25, 0.3) is 0 Å². The van der Waals surface area contributed by atoms with Gasteiger partial charge in [-0.05, 0) is 24.5 Å². The molecule has 0 amide bonds. The third kappa shape index (κ3) is 2.93. The highest BCUT2D eigenvalue weighted by Gasteiger charge is 2.59. The predicted octanol–water partition coefficient (Wildman–Crippen LogP) is 2.70. The summed E-state index contributed by atoms with van der Waals surface area (Å²) in [7, 11) is 0. The van der Waals surface area contributed by atoms with Gasteiger partial charge in [0.1, 0.15) is 12.1 Å². The van der Waals surface area contributed by atoms with E-state index in [1.807, 2.05) is 24.3 Å². The monoisotopic (exact) mass is 344 g/mol. The van der Waals surface area contributed by atoms with Gasteiger partial charge in [-0.1, -0.05) is 34.9 Å². The number of β-amino-alcohol motifs (C(OH)–C–C–N with tert-alkyl or cyclic N) is 1. The van der Waals surface area contributed by atoms with Crippen molar-refractivity contribution in [2.45, 2.75) is 29.7 Å². The zero-order valence-electron chi connectivity index (χ0n) is 11.4. The SMILES string of the molecule is OC(Cc1ccccc1Cl)(C[N+]1=NCNC1=S)C1(Cl)CC1. The molecule has 0 bridgehead atoms. The van der Waals surface area contributed by atoms with Crippen LogP contribution in [0.1, 0.15) is 18.4 Å². The first-order chi connectivity index (χ1) is 9.94. The molecule has 1 saturated carbocycles. The van der Waals surface area contributed by atoms with Crippen molar-refractivity contribution in [3.05, 3.63) is 34.9 Å². The molecule has 1 fully saturated rings. The van der Waals surface area contributed by atoms with Crippen molar-refractivity contribution >= 4 is 40.5 Å². The van der Waals surface area contributed by atoms with E-state index < -0.39 is 10.5 Å². The van der Waals surface area contributed by atoms with Gasteiger partial charge in [-0.25, -0.2) is 5.32 Å². The van der Waals surface area contributed by atoms with Gasteiger partial charge in [0.2, 0.25) is 6.67 Å². The molecule has 112 valence electrons. The fourth-order valence-corrected chi connectivity index (χ4v) is 3.21. The number of rotatable bonds is 5. The number of thiocarbonyl (C=S) groups is 1. The molecule has 1 aliphatic carbocycles. The van der Waals surface area contributed by atoms with Crippen molar-refractivity contribution in [2.75, 3.05) is 13.2 Å². The average molecular weight is 345 g/mol. The van der Waals surface area contributed by atoms with E-state index >= 15 is 0 Å². The third-order valence-corrected chi connectivity index (χ3v) is 5.53. The molecule has 1 aliphatic heterocycles. The molecule has 1 aromatic rings. The molecule has 0 saturated heterocycles. The Hall–Kier alpha value is -0.750. The summed E-state index contributed by atoms with van der Waals surface area (Å²) in [4.78, 5) is -0.625. The second-order valence-electron chi connectivity index (χ2n) is 5.60. The van der Waals surface area contributed by atoms with E-state index in [0.717, 1.165) is 18.4 Å². The number of benzene rings is 1. The molecule has 0 radical (unpaired) electrons. The lowest BCUT2D eigenvalue weighted by atomic mass is 9.89. The van der Waals surface area contributed by atoms with Gasteiger partial charge in [-0.15, -0.1) is 16.3 Å². The molecule has 4 nitrogen and oxygen atoms in total. The van der Waals surface area contributed by atoms with E-state index in [1.165, 1.54) is 0 Å². The maximum absolute atomic E-state index is 11.2. The average Bonchev–Trinajstić information content (AvgIpc) is 3.09. The van der Waals surface area contributed by atoms with Crippen molar-refractivity contribution in [1.29, 1.82) is 0 Å². The van der Waals surface area contributed by atoms with Gasteiger partial charge >= 0.3 is 5.11 Å². The van der Waals surface area contributed by atoms with Crippen LogP contribution in [-0.4, -0.2) is 38.6 Å². The molecule has 2 aliphatic rings. The highest BCUT2D eigenvalue weighted by Crippen LogP contribution is 2.52. The van der Waals surface area contributed by atoms with Crippen LogP contribution in [0.4, 0.5) is 0 Å². The summed E-state index contributed by atoms with van der Waals surface area (Å²) in [5, 5.41) is 19.5. The molecule has 1 heterocycles. The summed E-state index contributed by atoms with van der Waals surface area (Å²) in [6.07, 6.45) is 1.94. The first-order valence-corrected chi connectivity index (χ1v) is 7.97. The molecule has 1 atom stereocenters. The van der Waals surface area contributed by atoms with Crippen LogP contribution in [0, 0.1) is 0 Å². The molecule has 1 unspecified atom stereocenters. The Labute approximate surface area is 138 Å². The minimum Gasteiger partial charge on any atom is -0.383 e. The number of halogens is 2. The summed E-state index contributed by atoms with van der Waals surface area (Å²) in [6, 6.07) is 7.50. The summed E-state index contributed by atoms with van der Waals surface area (Å²) in [5.41, 5.74) is -0.245. The van der Waals surface area contributed by atoms with Crippen LogP contribution < -0.4 is 5.32 Å². The lowest BCUT2D eigenvalue weighted by Gasteiger charge is -2.31. The molecule has 0 aromatic heterocycles. The number of nitrogens with zero attached hydrogens (tertiary/aromatic N) is 2. The van der Waals surface area contributed by atoms with Gasteiger partial charge in [-0.3, -0.25) is 0 Å². The predicted molar refractivity (Wildman–Crippen MR) is 86.1 cm³/mol. The second kappa shape index (κ2) is 5.47. The van der Waals surface area contributed by atoms with Gasteiger partial charge in [0.15, 0.2) is 0 Å². The van der Waals surface area contributed by atoms with Gasteiger partial charge in [0.25, 0.3) is 0 Å². The summed E-state index contributed by atoms with van der Waals surface area (Å²) < 4.78 is 1.62. The quantitative estimate of drug-likeness (QED) is 0.490. The van der Waals surface area contributed by atoms with E-state index in [-0.39, 0.29) is 6.54 Å². The highest BCUT2D eigenvalue weighted by molar-refractivity contribution is 7.79. The minimum absolute atomic E-state index is 0.271. The molecular formula is C14H16Cl2N3OS+. The van der Waals surface area contributed by atoms with Crippen LogP contribution >= 0.6 is 35.4 Å². The van der Waals surface area contributed by atoms with Crippen molar-refractivity contribution in [1.82, 2.24) is 5.32 Å². The van der Waals surface area contributed by atoms with Crippen molar-refractivity contribution in [2.24, 2.45) is 5.11 Å². The Morgan fingerprint density at radius 2 is 2.14 bits per heavy atom. The molecule has 2 N–H and O–H groups in total. The zero-order valence-corrected chi connectivity index (χ0v) is 13.7. The van der Waals surface area contributed by atoms with Crippen molar-refractivity contribution in [3.8, 4) is 0 Å². The zero-order chi connectivity index (χ0) is 15.1. The number of nitrogens with one attached hydrogen (secondary N) is 1. The molecule has 21 heavy (non-hydrogen) atoms. The summed E-state index contributed by atoms with van der Waals surface area (Å²) in [6.45, 7) is 0.712. The van der Waals surface area contributed by atoms with Gasteiger partial charge in [-0.2, -0.15) is 0 Å². The van der Waals surface area contributed by atoms with E-state index in [9.17, 15) is 5.11 Å². The maximum atomic E-state index is 11.2. The number of azo groups is 2. The van der Waals surface area contributed by atoms with Gasteiger partial charge < -0.3 is 5.11 Å². The van der Waals surface area contributed by atoms with Crippen LogP contribution in [0.2, 0.25) is 5.02 Å². The number of alkyl halides is 1. The standard InChI is InChI=1S/C14H15Cl2N3OS/c15-11-4-2-1-3-10(11)7-14(20,13(16)5-6-13)8-19-12(21)17-9-18-19/h1-4,20H,5-9H2/p+1. The molecule has 7 heteroatoms. The lowest BCUT2D eigenvalue weighted by molar-refractivity contribution is -0.494. The second-order valence-corrected chi connectivity index (χ2v) is 7.12. The first-order valence-electron chi connectivity index (χ1n) is 6.81. The van der Waals surface area contributed by atoms with E-state index in [4.69, 9.17) is 35.4 Å². The number of hydrogen-bond donors (Lipinski definition) is 2. The maximum Gasteiger partial charge on any atom is 0.366 e. The molecule has 3 rings (SSSR count). The number of hydrogen-bond acceptors (Lipinski definition) is 3. The third-order valence-electron chi connectivity index (χ3n) is 4.08. The highest BCUT2D eigenvalue weighted by atomic mass is 35.5. The lowest BCUT2D eigenvalue weighted by Crippen LogP contribution is -2.51. The van der Waals surface area contributed by atoms with E-state index in [1.54, 1.807) is 4.70 Å². The van der Waals surface area contributed by atoms with E-state index in [2.05, 4.69) is 10.4 Å². The fraction of sp³-hybridized carbons (Fsp3) is 0.500. The van der Waals surface area contributed by atoms with Crippen LogP contribution in [0.15, 0.2) is 29.4 Å². The minimum atomic E-state index is -1.13. The van der Waals surface area contributed by atoms with Gasteiger partial charge in [0.05, 0.1) is 4.87 Å². The first kappa shape index (κ1) is 15.2. The van der Waals surface area contributed by atoms with Crippen molar-refractivity contribution < 1.29 is 9.80 Å². The summed E-state index contributed by atoms with van der Waals surface area (Å²) >= 11 is 18.0. The molecular weight excluding hydrogens is 329 g/mol. The Kier molecular flexibility index (Phi) is 3.94. The van der Waals surface area contributed by atoms with Crippen molar-refractivity contribution in [3.63, 3.8) is 0 Å². The normalized spacial score (nSPS) is 22.4. The van der Waals surface area contributed by atoms with Crippen LogP contribution in [0.5, 0.6) is 0 Å². The molecule has 1 aromatic carbocycles. The van der Waals surface area contributed by atoms with Gasteiger partial charge in [0, 0.05) is 23.7 Å². The summed E-state index contributed by atoms with van der Waals surface area (Å²) in [5.74, 6) is 0. The van der Waals surface area contributed by atoms with Crippen LogP contribution in [-0.2, 0) is 6.42 Å².